The molecule has 1 aliphatic heterocycles. The van der Waals surface area contributed by atoms with Gasteiger partial charge in [0.15, 0.2) is 0 Å². The van der Waals surface area contributed by atoms with Crippen LogP contribution in [-0.2, 0) is 6.42 Å². The zero-order chi connectivity index (χ0) is 15.5. The zero-order valence-corrected chi connectivity index (χ0v) is 14.6. The lowest BCUT2D eigenvalue weighted by atomic mass is 10.2. The number of carbonyl (C=O) groups excluding carboxylic acids is 1. The number of nitrogens with zero attached hydrogens (tertiary/aromatic N) is 5. The van der Waals surface area contributed by atoms with Gasteiger partial charge in [0.1, 0.15) is 10.7 Å². The van der Waals surface area contributed by atoms with Crippen molar-refractivity contribution >= 4 is 39.2 Å². The normalized spacial score (nSPS) is 15.2. The molecule has 6 nitrogen and oxygen atoms in total. The predicted octanol–water partition coefficient (Wildman–Crippen LogP) is 2.22. The smallest absolute Gasteiger partial charge is 0.267 e. The van der Waals surface area contributed by atoms with Crippen LogP contribution in [0.4, 0.5) is 5.82 Å². The molecular formula is C14H16BrN5OS. The molecule has 0 bridgehead atoms. The van der Waals surface area contributed by atoms with E-state index in [0.29, 0.717) is 18.0 Å². The maximum absolute atomic E-state index is 12.5. The maximum Gasteiger partial charge on any atom is 0.267 e. The van der Waals surface area contributed by atoms with E-state index in [1.54, 1.807) is 6.20 Å². The van der Waals surface area contributed by atoms with Crippen LogP contribution in [0.25, 0.3) is 0 Å². The van der Waals surface area contributed by atoms with Gasteiger partial charge in [-0.25, -0.2) is 4.98 Å². The lowest BCUT2D eigenvalue weighted by Gasteiger charge is -2.35. The van der Waals surface area contributed by atoms with Gasteiger partial charge in [0.25, 0.3) is 5.91 Å². The van der Waals surface area contributed by atoms with Crippen molar-refractivity contribution in [3.8, 4) is 0 Å². The number of aromatic nitrogens is 3. The topological polar surface area (TPSA) is 62.2 Å². The van der Waals surface area contributed by atoms with Crippen molar-refractivity contribution in [2.75, 3.05) is 31.1 Å². The number of piperazine rings is 1. The Morgan fingerprint density at radius 3 is 2.73 bits per heavy atom. The standard InChI is InChI=1S/C14H16BrN5OS/c1-2-11-13(22-18-17-11)14(21)20-7-5-19(6-8-20)12-4-3-10(15)9-16-12/h3-4,9H,2,5-8H2,1H3. The number of rotatable bonds is 3. The van der Waals surface area contributed by atoms with E-state index in [1.807, 2.05) is 24.0 Å². The maximum atomic E-state index is 12.5. The van der Waals surface area contributed by atoms with Crippen LogP contribution in [-0.4, -0.2) is 51.6 Å². The summed E-state index contributed by atoms with van der Waals surface area (Å²) in [5.41, 5.74) is 0.798. The minimum Gasteiger partial charge on any atom is -0.353 e. The molecule has 2 aromatic rings. The fourth-order valence-corrected chi connectivity index (χ4v) is 3.39. The summed E-state index contributed by atoms with van der Waals surface area (Å²) in [5, 5.41) is 4.02. The molecule has 0 unspecified atom stereocenters. The molecule has 8 heteroatoms. The first-order chi connectivity index (χ1) is 10.7. The second-order valence-electron chi connectivity index (χ2n) is 5.02. The van der Waals surface area contributed by atoms with Gasteiger partial charge < -0.3 is 9.80 Å². The average Bonchev–Trinajstić information content (AvgIpc) is 3.04. The second kappa shape index (κ2) is 6.70. The summed E-state index contributed by atoms with van der Waals surface area (Å²) >= 11 is 4.58. The summed E-state index contributed by atoms with van der Waals surface area (Å²) in [6, 6.07) is 3.97. The molecule has 1 aliphatic rings. The monoisotopic (exact) mass is 381 g/mol. The van der Waals surface area contributed by atoms with Crippen molar-refractivity contribution < 1.29 is 4.79 Å². The van der Waals surface area contributed by atoms with E-state index in [0.717, 1.165) is 35.5 Å². The molecule has 1 saturated heterocycles. The zero-order valence-electron chi connectivity index (χ0n) is 12.2. The number of pyridine rings is 1. The largest absolute Gasteiger partial charge is 0.353 e. The highest BCUT2D eigenvalue weighted by Gasteiger charge is 2.25. The van der Waals surface area contributed by atoms with Crippen molar-refractivity contribution in [2.24, 2.45) is 0 Å². The number of aryl methyl sites for hydroxylation is 1. The lowest BCUT2D eigenvalue weighted by Crippen LogP contribution is -2.49. The van der Waals surface area contributed by atoms with Crippen LogP contribution < -0.4 is 4.90 Å². The molecule has 1 fully saturated rings. The quantitative estimate of drug-likeness (QED) is 0.815. The van der Waals surface area contributed by atoms with Crippen molar-refractivity contribution in [2.45, 2.75) is 13.3 Å². The van der Waals surface area contributed by atoms with E-state index in [1.165, 1.54) is 11.5 Å². The molecular weight excluding hydrogens is 366 g/mol. The van der Waals surface area contributed by atoms with Crippen LogP contribution in [0.1, 0.15) is 22.3 Å². The molecule has 2 aromatic heterocycles. The van der Waals surface area contributed by atoms with Crippen LogP contribution >= 0.6 is 27.5 Å². The van der Waals surface area contributed by atoms with Gasteiger partial charge in [0, 0.05) is 36.8 Å². The van der Waals surface area contributed by atoms with Gasteiger partial charge in [0.05, 0.1) is 5.69 Å². The van der Waals surface area contributed by atoms with Gasteiger partial charge in [-0.3, -0.25) is 4.79 Å². The van der Waals surface area contributed by atoms with Crippen molar-refractivity contribution in [1.82, 2.24) is 19.5 Å². The number of hydrogen-bond donors (Lipinski definition) is 0. The van der Waals surface area contributed by atoms with Crippen molar-refractivity contribution in [3.05, 3.63) is 33.4 Å². The third kappa shape index (κ3) is 3.12. The number of hydrogen-bond acceptors (Lipinski definition) is 6. The molecule has 3 rings (SSSR count). The summed E-state index contributed by atoms with van der Waals surface area (Å²) in [7, 11) is 0. The Kier molecular flexibility index (Phi) is 4.68. The van der Waals surface area contributed by atoms with Crippen molar-refractivity contribution in [1.29, 1.82) is 0 Å². The lowest BCUT2D eigenvalue weighted by molar-refractivity contribution is 0.0750. The Bertz CT molecular complexity index is 652. The molecule has 0 spiro atoms. The number of anilines is 1. The second-order valence-corrected chi connectivity index (χ2v) is 6.69. The third-order valence-corrected chi connectivity index (χ3v) is 4.91. The van der Waals surface area contributed by atoms with E-state index in [4.69, 9.17) is 0 Å². The highest BCUT2D eigenvalue weighted by atomic mass is 79.9. The van der Waals surface area contributed by atoms with Gasteiger partial charge in [0.2, 0.25) is 0 Å². The number of halogens is 1. The van der Waals surface area contributed by atoms with E-state index in [-0.39, 0.29) is 5.91 Å². The van der Waals surface area contributed by atoms with Crippen LogP contribution in [0.15, 0.2) is 22.8 Å². The molecule has 22 heavy (non-hydrogen) atoms. The van der Waals surface area contributed by atoms with E-state index < -0.39 is 0 Å². The molecule has 0 atom stereocenters. The minimum absolute atomic E-state index is 0.0512. The molecule has 0 aromatic carbocycles. The highest BCUT2D eigenvalue weighted by molar-refractivity contribution is 9.10. The van der Waals surface area contributed by atoms with Gasteiger partial charge in [-0.15, -0.1) is 5.10 Å². The Morgan fingerprint density at radius 1 is 1.32 bits per heavy atom. The van der Waals surface area contributed by atoms with Crippen LogP contribution in [0.5, 0.6) is 0 Å². The Hall–Kier alpha value is -1.54. The van der Waals surface area contributed by atoms with Crippen LogP contribution in [0, 0.1) is 0 Å². The van der Waals surface area contributed by atoms with Gasteiger partial charge in [-0.05, 0) is 46.0 Å². The van der Waals surface area contributed by atoms with Gasteiger partial charge >= 0.3 is 0 Å². The highest BCUT2D eigenvalue weighted by Crippen LogP contribution is 2.19. The fourth-order valence-electron chi connectivity index (χ4n) is 2.44. The van der Waals surface area contributed by atoms with E-state index in [2.05, 4.69) is 35.4 Å². The first-order valence-corrected chi connectivity index (χ1v) is 8.72. The number of carbonyl (C=O) groups is 1. The van der Waals surface area contributed by atoms with Gasteiger partial charge in [-0.2, -0.15) is 0 Å². The predicted molar refractivity (Wildman–Crippen MR) is 89.3 cm³/mol. The van der Waals surface area contributed by atoms with Crippen LogP contribution in [0.3, 0.4) is 0 Å². The molecule has 0 radical (unpaired) electrons. The Labute approximate surface area is 141 Å². The number of amides is 1. The molecule has 0 saturated carbocycles. The SMILES string of the molecule is CCc1nnsc1C(=O)N1CCN(c2ccc(Br)cn2)CC1. The Morgan fingerprint density at radius 2 is 2.09 bits per heavy atom. The first-order valence-electron chi connectivity index (χ1n) is 7.16. The van der Waals surface area contributed by atoms with E-state index >= 15 is 0 Å². The molecule has 0 N–H and O–H groups in total. The van der Waals surface area contributed by atoms with E-state index in [9.17, 15) is 4.79 Å². The Balaban J connectivity index is 1.64. The fraction of sp³-hybridized carbons (Fsp3) is 0.429. The van der Waals surface area contributed by atoms with Crippen LogP contribution in [0.2, 0.25) is 0 Å². The molecule has 0 aliphatic carbocycles. The summed E-state index contributed by atoms with van der Waals surface area (Å²) in [6.45, 7) is 4.95. The summed E-state index contributed by atoms with van der Waals surface area (Å²) in [4.78, 5) is 21.7. The average molecular weight is 382 g/mol. The molecule has 1 amide bonds. The first kappa shape index (κ1) is 15.4. The summed E-state index contributed by atoms with van der Waals surface area (Å²) in [6.07, 6.45) is 2.53. The minimum atomic E-state index is 0.0512. The molecule has 116 valence electrons. The third-order valence-electron chi connectivity index (χ3n) is 3.69. The summed E-state index contributed by atoms with van der Waals surface area (Å²) < 4.78 is 4.87. The van der Waals surface area contributed by atoms with Gasteiger partial charge in [-0.1, -0.05) is 11.4 Å². The van der Waals surface area contributed by atoms with Crippen molar-refractivity contribution in [3.63, 3.8) is 0 Å². The molecule has 3 heterocycles. The summed E-state index contributed by atoms with van der Waals surface area (Å²) in [5.74, 6) is 0.999.